The number of nitrogens with one attached hydrogen (secondary N) is 2. The van der Waals surface area contributed by atoms with Crippen LogP contribution in [0.4, 0.5) is 5.69 Å². The van der Waals surface area contributed by atoms with E-state index in [-0.39, 0.29) is 24.1 Å². The number of anilines is 1. The van der Waals surface area contributed by atoms with Crippen LogP contribution in [0, 0.1) is 5.41 Å². The monoisotopic (exact) mass is 462 g/mol. The van der Waals surface area contributed by atoms with Gasteiger partial charge in [0.15, 0.2) is 11.6 Å². The molecule has 2 N–H and O–H groups in total. The number of hydrogen-bond acceptors (Lipinski definition) is 5. The van der Waals surface area contributed by atoms with Gasteiger partial charge in [0.1, 0.15) is 6.42 Å². The average molecular weight is 463 g/mol. The van der Waals surface area contributed by atoms with Crippen molar-refractivity contribution < 1.29 is 14.3 Å². The van der Waals surface area contributed by atoms with Crippen molar-refractivity contribution in [1.29, 1.82) is 5.41 Å². The van der Waals surface area contributed by atoms with E-state index in [1.165, 1.54) is 25.7 Å². The van der Waals surface area contributed by atoms with Crippen LogP contribution in [0.2, 0.25) is 0 Å². The molecule has 7 nitrogen and oxygen atoms in total. The molecule has 1 unspecified atom stereocenters. The van der Waals surface area contributed by atoms with Gasteiger partial charge < -0.3 is 19.9 Å². The molecule has 180 valence electrons. The molecular weight excluding hydrogens is 428 g/mol. The number of rotatable bonds is 8. The molecule has 0 aliphatic carbocycles. The highest BCUT2D eigenvalue weighted by atomic mass is 16.5. The maximum Gasteiger partial charge on any atom is 0.251 e. The van der Waals surface area contributed by atoms with Crippen molar-refractivity contribution in [3.8, 4) is 5.75 Å². The Bertz CT molecular complexity index is 1020. The minimum atomic E-state index is -0.225. The molecule has 34 heavy (non-hydrogen) atoms. The Hall–Kier alpha value is -3.19. The first-order valence-electron chi connectivity index (χ1n) is 12.3. The summed E-state index contributed by atoms with van der Waals surface area (Å²) in [5, 5.41) is 11.0. The first-order valence-corrected chi connectivity index (χ1v) is 12.3. The van der Waals surface area contributed by atoms with Crippen molar-refractivity contribution in [3.63, 3.8) is 0 Å². The third-order valence-corrected chi connectivity index (χ3v) is 6.67. The smallest absolute Gasteiger partial charge is 0.251 e. The molecule has 2 aromatic rings. The number of likely N-dealkylation sites (tertiary alicyclic amines) is 1. The van der Waals surface area contributed by atoms with E-state index in [4.69, 9.17) is 10.1 Å². The van der Waals surface area contributed by atoms with E-state index < -0.39 is 0 Å². The Labute approximate surface area is 201 Å². The molecule has 2 amide bonds. The van der Waals surface area contributed by atoms with Gasteiger partial charge in [-0.3, -0.25) is 15.0 Å². The summed E-state index contributed by atoms with van der Waals surface area (Å²) in [5.74, 6) is -0.0711. The summed E-state index contributed by atoms with van der Waals surface area (Å²) in [7, 11) is 0. The van der Waals surface area contributed by atoms with E-state index in [9.17, 15) is 9.59 Å². The van der Waals surface area contributed by atoms with Gasteiger partial charge >= 0.3 is 0 Å². The number of hydrogen-bond donors (Lipinski definition) is 2. The second-order valence-corrected chi connectivity index (χ2v) is 9.05. The van der Waals surface area contributed by atoms with Gasteiger partial charge in [0.2, 0.25) is 5.91 Å². The quantitative estimate of drug-likeness (QED) is 0.571. The van der Waals surface area contributed by atoms with Crippen LogP contribution in [0.15, 0.2) is 48.5 Å². The number of carbonyl (C=O) groups is 2. The minimum Gasteiger partial charge on any atom is -0.441 e. The van der Waals surface area contributed by atoms with Crippen molar-refractivity contribution in [1.82, 2.24) is 10.2 Å². The number of piperidine rings is 1. The molecule has 2 aliphatic rings. The standard InChI is InChI=1S/C27H34N4O3/c1-2-22-11-6-7-15-30(22)16-8-14-29-27(33)21-12-13-24-23(17-21)31(26(32)18-25(28)34-24)19-20-9-4-3-5-10-20/h3-5,9-10,12-13,17,22,28H,2,6-8,11,14-16,18-19H2,1H3,(H,29,33). The zero-order valence-electron chi connectivity index (χ0n) is 19.9. The van der Waals surface area contributed by atoms with Crippen LogP contribution in [0.25, 0.3) is 0 Å². The largest absolute Gasteiger partial charge is 0.441 e. The first kappa shape index (κ1) is 24.0. The minimum absolute atomic E-state index is 0.0953. The Morgan fingerprint density at radius 2 is 2.00 bits per heavy atom. The number of nitrogens with zero attached hydrogens (tertiary/aromatic N) is 2. The summed E-state index contributed by atoms with van der Waals surface area (Å²) >= 11 is 0. The van der Waals surface area contributed by atoms with Gasteiger partial charge in [-0.1, -0.05) is 43.7 Å². The van der Waals surface area contributed by atoms with E-state index in [0.717, 1.165) is 25.1 Å². The fraction of sp³-hybridized carbons (Fsp3) is 0.444. The van der Waals surface area contributed by atoms with Crippen LogP contribution in [0.5, 0.6) is 5.75 Å². The van der Waals surface area contributed by atoms with E-state index in [2.05, 4.69) is 17.1 Å². The summed E-state index contributed by atoms with van der Waals surface area (Å²) in [4.78, 5) is 29.9. The predicted octanol–water partition coefficient (Wildman–Crippen LogP) is 4.36. The fourth-order valence-corrected chi connectivity index (χ4v) is 4.83. The molecule has 2 heterocycles. The Morgan fingerprint density at radius 1 is 1.18 bits per heavy atom. The van der Waals surface area contributed by atoms with Crippen LogP contribution in [-0.4, -0.2) is 48.3 Å². The van der Waals surface area contributed by atoms with Gasteiger partial charge in [-0.15, -0.1) is 0 Å². The van der Waals surface area contributed by atoms with Gasteiger partial charge in [0.05, 0.1) is 12.2 Å². The van der Waals surface area contributed by atoms with Crippen molar-refractivity contribution in [2.45, 2.75) is 58.0 Å². The normalized spacial score (nSPS) is 18.7. The third-order valence-electron chi connectivity index (χ3n) is 6.67. The highest BCUT2D eigenvalue weighted by molar-refractivity contribution is 6.08. The second-order valence-electron chi connectivity index (χ2n) is 9.05. The topological polar surface area (TPSA) is 85.7 Å². The maximum atomic E-state index is 12.9. The van der Waals surface area contributed by atoms with Crippen molar-refractivity contribution >= 4 is 23.4 Å². The fourth-order valence-electron chi connectivity index (χ4n) is 4.83. The molecular formula is C27H34N4O3. The molecule has 4 rings (SSSR count). The average Bonchev–Trinajstić information content (AvgIpc) is 2.97. The van der Waals surface area contributed by atoms with Crippen LogP contribution in [-0.2, 0) is 11.3 Å². The highest BCUT2D eigenvalue weighted by Gasteiger charge is 2.27. The zero-order chi connectivity index (χ0) is 23.9. The lowest BCUT2D eigenvalue weighted by molar-refractivity contribution is -0.117. The second kappa shape index (κ2) is 11.3. The lowest BCUT2D eigenvalue weighted by atomic mass is 10.00. The van der Waals surface area contributed by atoms with Crippen molar-refractivity contribution in [2.75, 3.05) is 24.5 Å². The number of carbonyl (C=O) groups excluding carboxylic acids is 2. The van der Waals surface area contributed by atoms with Gasteiger partial charge in [-0.05, 0) is 56.0 Å². The number of amides is 2. The summed E-state index contributed by atoms with van der Waals surface area (Å²) < 4.78 is 5.60. The molecule has 0 radical (unpaired) electrons. The summed E-state index contributed by atoms with van der Waals surface area (Å²) in [5.41, 5.74) is 1.96. The Kier molecular flexibility index (Phi) is 7.95. The molecule has 0 bridgehead atoms. The van der Waals surface area contributed by atoms with E-state index >= 15 is 0 Å². The summed E-state index contributed by atoms with van der Waals surface area (Å²) in [6.07, 6.45) is 5.83. The van der Waals surface area contributed by atoms with Crippen LogP contribution in [0.3, 0.4) is 0 Å². The predicted molar refractivity (Wildman–Crippen MR) is 133 cm³/mol. The molecule has 7 heteroatoms. The van der Waals surface area contributed by atoms with Gasteiger partial charge in [0.25, 0.3) is 5.91 Å². The Balaban J connectivity index is 1.43. The summed E-state index contributed by atoms with van der Waals surface area (Å²) in [6.45, 7) is 5.36. The lowest BCUT2D eigenvalue weighted by Gasteiger charge is -2.35. The SMILES string of the molecule is CCC1CCCCN1CCCNC(=O)c1ccc2c(c1)N(Cc1ccccc1)C(=O)CC(=N)O2. The molecule has 0 saturated carbocycles. The van der Waals surface area contributed by atoms with Crippen molar-refractivity contribution in [2.24, 2.45) is 0 Å². The number of benzene rings is 2. The molecule has 0 aromatic heterocycles. The highest BCUT2D eigenvalue weighted by Crippen LogP contribution is 2.34. The molecule has 2 aromatic carbocycles. The maximum absolute atomic E-state index is 12.9. The molecule has 1 fully saturated rings. The van der Waals surface area contributed by atoms with Gasteiger partial charge in [-0.25, -0.2) is 0 Å². The van der Waals surface area contributed by atoms with E-state index in [0.29, 0.717) is 36.1 Å². The molecule has 0 spiro atoms. The van der Waals surface area contributed by atoms with Gasteiger partial charge in [-0.2, -0.15) is 0 Å². The molecule has 2 aliphatic heterocycles. The zero-order valence-corrected chi connectivity index (χ0v) is 19.9. The van der Waals surface area contributed by atoms with Crippen LogP contribution in [0.1, 0.15) is 61.4 Å². The molecule has 1 atom stereocenters. The molecule has 1 saturated heterocycles. The number of ether oxygens (including phenoxy) is 1. The summed E-state index contributed by atoms with van der Waals surface area (Å²) in [6, 6.07) is 15.4. The van der Waals surface area contributed by atoms with Crippen LogP contribution < -0.4 is 15.0 Å². The van der Waals surface area contributed by atoms with E-state index in [1.54, 1.807) is 23.1 Å². The van der Waals surface area contributed by atoms with E-state index in [1.807, 2.05) is 30.3 Å². The third kappa shape index (κ3) is 5.83. The lowest BCUT2D eigenvalue weighted by Crippen LogP contribution is -2.40. The Morgan fingerprint density at radius 3 is 2.79 bits per heavy atom. The number of fused-ring (bicyclic) bond motifs is 1. The van der Waals surface area contributed by atoms with Crippen LogP contribution >= 0.6 is 0 Å². The van der Waals surface area contributed by atoms with Gasteiger partial charge in [0, 0.05) is 24.7 Å². The first-order chi connectivity index (χ1) is 16.5. The van der Waals surface area contributed by atoms with Crippen molar-refractivity contribution in [3.05, 3.63) is 59.7 Å².